The molecule has 0 bridgehead atoms. The molecule has 0 aliphatic rings. The Balaban J connectivity index is 1.95. The molecule has 0 aliphatic carbocycles. The van der Waals surface area contributed by atoms with Gasteiger partial charge in [-0.1, -0.05) is 44.2 Å². The first-order chi connectivity index (χ1) is 12.6. The molecule has 5 nitrogen and oxygen atoms in total. The molecule has 0 aliphatic heterocycles. The van der Waals surface area contributed by atoms with Crippen LogP contribution in [-0.4, -0.2) is 37.1 Å². The van der Waals surface area contributed by atoms with Gasteiger partial charge in [-0.25, -0.2) is 4.79 Å². The van der Waals surface area contributed by atoms with E-state index in [0.29, 0.717) is 13.2 Å². The molecule has 5 heteroatoms. The highest BCUT2D eigenvalue weighted by Crippen LogP contribution is 2.20. The van der Waals surface area contributed by atoms with Crippen molar-refractivity contribution in [2.45, 2.75) is 26.9 Å². The fourth-order valence-corrected chi connectivity index (χ4v) is 2.82. The number of ether oxygens (including phenoxy) is 1. The van der Waals surface area contributed by atoms with Crippen LogP contribution in [0.5, 0.6) is 5.75 Å². The lowest BCUT2D eigenvalue weighted by Crippen LogP contribution is -2.41. The molecule has 2 amide bonds. The van der Waals surface area contributed by atoms with Gasteiger partial charge >= 0.3 is 6.03 Å². The molecule has 0 aromatic heterocycles. The first-order valence-corrected chi connectivity index (χ1v) is 9.20. The van der Waals surface area contributed by atoms with Crippen molar-refractivity contribution in [2.24, 2.45) is 5.73 Å². The van der Waals surface area contributed by atoms with Gasteiger partial charge < -0.3 is 15.4 Å². The molecular weight excluding hydrogens is 326 g/mol. The Morgan fingerprint density at radius 1 is 0.962 bits per heavy atom. The number of nitrogens with zero attached hydrogens (tertiary/aromatic N) is 2. The number of amides is 2. The van der Waals surface area contributed by atoms with Gasteiger partial charge in [0.15, 0.2) is 0 Å². The number of primary amides is 1. The van der Waals surface area contributed by atoms with E-state index in [0.717, 1.165) is 43.1 Å². The van der Waals surface area contributed by atoms with E-state index >= 15 is 0 Å². The molecule has 0 fully saturated rings. The molecule has 0 spiro atoms. The maximum Gasteiger partial charge on any atom is 0.319 e. The van der Waals surface area contributed by atoms with Crippen molar-refractivity contribution in [3.05, 3.63) is 60.2 Å². The Labute approximate surface area is 156 Å². The van der Waals surface area contributed by atoms with Gasteiger partial charge in [0.25, 0.3) is 0 Å². The lowest BCUT2D eigenvalue weighted by molar-refractivity contribution is 0.250. The first-order valence-electron chi connectivity index (χ1n) is 9.20. The Hall–Kier alpha value is -2.53. The lowest BCUT2D eigenvalue weighted by Gasteiger charge is -2.25. The van der Waals surface area contributed by atoms with Gasteiger partial charge in [0, 0.05) is 18.8 Å². The normalized spacial score (nSPS) is 10.7. The van der Waals surface area contributed by atoms with Crippen LogP contribution in [0.25, 0.3) is 0 Å². The van der Waals surface area contributed by atoms with Crippen molar-refractivity contribution in [2.75, 3.05) is 31.1 Å². The van der Waals surface area contributed by atoms with Gasteiger partial charge in [-0.2, -0.15) is 0 Å². The fraction of sp³-hybridized carbons (Fsp3) is 0.381. The third-order valence-electron chi connectivity index (χ3n) is 4.29. The molecule has 0 heterocycles. The number of benzene rings is 2. The highest BCUT2D eigenvalue weighted by molar-refractivity contribution is 5.90. The highest BCUT2D eigenvalue weighted by Gasteiger charge is 2.14. The predicted octanol–water partition coefficient (Wildman–Crippen LogP) is 3.88. The second kappa shape index (κ2) is 10.5. The van der Waals surface area contributed by atoms with Crippen LogP contribution >= 0.6 is 0 Å². The molecule has 0 radical (unpaired) electrons. The second-order valence-corrected chi connectivity index (χ2v) is 6.19. The maximum absolute atomic E-state index is 11.9. The summed E-state index contributed by atoms with van der Waals surface area (Å²) >= 11 is 0. The van der Waals surface area contributed by atoms with Crippen LogP contribution in [0.15, 0.2) is 54.6 Å². The zero-order valence-electron chi connectivity index (χ0n) is 15.7. The van der Waals surface area contributed by atoms with Gasteiger partial charge in [0.1, 0.15) is 12.4 Å². The van der Waals surface area contributed by atoms with Gasteiger partial charge in [-0.3, -0.25) is 4.90 Å². The van der Waals surface area contributed by atoms with E-state index in [4.69, 9.17) is 10.5 Å². The highest BCUT2D eigenvalue weighted by atomic mass is 16.5. The molecule has 0 atom stereocenters. The Morgan fingerprint density at radius 2 is 1.65 bits per heavy atom. The molecule has 0 unspecified atom stereocenters. The predicted molar refractivity (Wildman–Crippen MR) is 107 cm³/mol. The summed E-state index contributed by atoms with van der Waals surface area (Å²) in [5.74, 6) is 0.767. The van der Waals surface area contributed by atoms with Crippen molar-refractivity contribution in [3.8, 4) is 5.75 Å². The van der Waals surface area contributed by atoms with E-state index in [2.05, 4.69) is 18.7 Å². The van der Waals surface area contributed by atoms with Gasteiger partial charge in [-0.05, 0) is 49.3 Å². The Kier molecular flexibility index (Phi) is 7.96. The van der Waals surface area contributed by atoms with Crippen LogP contribution in [0.4, 0.5) is 10.5 Å². The Bertz CT molecular complexity index is 659. The summed E-state index contributed by atoms with van der Waals surface area (Å²) in [5.41, 5.74) is 7.49. The van der Waals surface area contributed by atoms with E-state index in [1.807, 2.05) is 54.6 Å². The van der Waals surface area contributed by atoms with Gasteiger partial charge in [0.05, 0.1) is 0 Å². The topological polar surface area (TPSA) is 58.8 Å². The number of likely N-dealkylation sites (N-methyl/N-ethyl adjacent to an activating group) is 1. The van der Waals surface area contributed by atoms with Crippen LogP contribution in [0.2, 0.25) is 0 Å². The van der Waals surface area contributed by atoms with Gasteiger partial charge in [0.2, 0.25) is 0 Å². The van der Waals surface area contributed by atoms with Crippen molar-refractivity contribution in [3.63, 3.8) is 0 Å². The summed E-state index contributed by atoms with van der Waals surface area (Å²) < 4.78 is 5.79. The number of urea groups is 1. The molecule has 2 aromatic carbocycles. The summed E-state index contributed by atoms with van der Waals surface area (Å²) in [6.07, 6.45) is 1.10. The van der Waals surface area contributed by atoms with Gasteiger partial charge in [-0.15, -0.1) is 0 Å². The quantitative estimate of drug-likeness (QED) is 0.703. The zero-order valence-corrected chi connectivity index (χ0v) is 15.7. The minimum atomic E-state index is -0.435. The molecule has 26 heavy (non-hydrogen) atoms. The monoisotopic (exact) mass is 355 g/mol. The standard InChI is InChI=1S/C21H29N3O2/c1-3-14-23(4-2)15-16-24(21(22)25)19-10-12-20(13-11-19)26-17-18-8-6-5-7-9-18/h5-13H,3-4,14-17H2,1-2H3,(H2,22,25). The number of hydrogen-bond donors (Lipinski definition) is 1. The van der Waals surface area contributed by atoms with E-state index < -0.39 is 6.03 Å². The molecule has 2 aromatic rings. The smallest absolute Gasteiger partial charge is 0.319 e. The molecule has 2 N–H and O–H groups in total. The largest absolute Gasteiger partial charge is 0.489 e. The minimum absolute atomic E-state index is 0.435. The number of rotatable bonds is 10. The SMILES string of the molecule is CCCN(CC)CCN(C(N)=O)c1ccc(OCc2ccccc2)cc1. The van der Waals surface area contributed by atoms with Crippen LogP contribution in [0, 0.1) is 0 Å². The van der Waals surface area contributed by atoms with Crippen LogP contribution in [0.1, 0.15) is 25.8 Å². The third-order valence-corrected chi connectivity index (χ3v) is 4.29. The summed E-state index contributed by atoms with van der Waals surface area (Å²) in [5, 5.41) is 0. The average Bonchev–Trinajstić information content (AvgIpc) is 2.67. The number of carbonyl (C=O) groups is 1. The summed E-state index contributed by atoms with van der Waals surface area (Å²) in [4.78, 5) is 15.8. The van der Waals surface area contributed by atoms with Crippen LogP contribution in [0.3, 0.4) is 0 Å². The second-order valence-electron chi connectivity index (χ2n) is 6.19. The molecule has 0 saturated carbocycles. The molecule has 140 valence electrons. The summed E-state index contributed by atoms with van der Waals surface area (Å²) in [6.45, 7) is 8.17. The minimum Gasteiger partial charge on any atom is -0.489 e. The number of anilines is 1. The molecule has 2 rings (SSSR count). The number of carbonyl (C=O) groups excluding carboxylic acids is 1. The number of nitrogens with two attached hydrogens (primary N) is 1. The number of hydrogen-bond acceptors (Lipinski definition) is 3. The lowest BCUT2D eigenvalue weighted by atomic mass is 10.2. The summed E-state index contributed by atoms with van der Waals surface area (Å²) in [6, 6.07) is 17.1. The molecular formula is C21H29N3O2. The third kappa shape index (κ3) is 6.08. The zero-order chi connectivity index (χ0) is 18.8. The van der Waals surface area contributed by atoms with Crippen molar-refractivity contribution < 1.29 is 9.53 Å². The van der Waals surface area contributed by atoms with Crippen LogP contribution < -0.4 is 15.4 Å². The molecule has 0 saturated heterocycles. The van der Waals surface area contributed by atoms with Crippen molar-refractivity contribution in [1.82, 2.24) is 4.90 Å². The maximum atomic E-state index is 11.9. The van der Waals surface area contributed by atoms with E-state index in [1.165, 1.54) is 0 Å². The van der Waals surface area contributed by atoms with Crippen LogP contribution in [-0.2, 0) is 6.61 Å². The average molecular weight is 355 g/mol. The Morgan fingerprint density at radius 3 is 2.23 bits per heavy atom. The van der Waals surface area contributed by atoms with Crippen molar-refractivity contribution in [1.29, 1.82) is 0 Å². The first kappa shape index (κ1) is 19.8. The fourth-order valence-electron chi connectivity index (χ4n) is 2.82. The summed E-state index contributed by atoms with van der Waals surface area (Å²) in [7, 11) is 0. The van der Waals surface area contributed by atoms with E-state index in [9.17, 15) is 4.79 Å². The van der Waals surface area contributed by atoms with Crippen molar-refractivity contribution >= 4 is 11.7 Å². The van der Waals surface area contributed by atoms with E-state index in [1.54, 1.807) is 4.90 Å². The van der Waals surface area contributed by atoms with E-state index in [-0.39, 0.29) is 0 Å².